The Morgan fingerprint density at radius 1 is 1.58 bits per heavy atom. The average Bonchev–Trinajstić information content (AvgIpc) is 1.82. The number of amides is 1. The van der Waals surface area contributed by atoms with Crippen molar-refractivity contribution in [3.8, 4) is 0 Å². The zero-order chi connectivity index (χ0) is 9.94. The predicted molar refractivity (Wildman–Crippen MR) is 28.9 cm³/mol. The van der Waals surface area contributed by atoms with Gasteiger partial charge in [-0.1, -0.05) is 0 Å². The van der Waals surface area contributed by atoms with E-state index in [2.05, 4.69) is 5.84 Å². The molecule has 0 aromatic heterocycles. The van der Waals surface area contributed by atoms with Crippen LogP contribution >= 0.6 is 0 Å². The Morgan fingerprint density at radius 3 is 2.25 bits per heavy atom. The number of alkyl halides is 3. The summed E-state index contributed by atoms with van der Waals surface area (Å²) in [6.07, 6.45) is -5.08. The molecule has 0 heterocycles. The quantitative estimate of drug-likeness (QED) is 0.207. The number of nitro groups is 1. The fourth-order valence-corrected chi connectivity index (χ4v) is 0.328. The van der Waals surface area contributed by atoms with E-state index in [0.717, 1.165) is 0 Å². The van der Waals surface area contributed by atoms with E-state index in [1.54, 1.807) is 0 Å². The lowest BCUT2D eigenvalue weighted by molar-refractivity contribution is -0.470. The van der Waals surface area contributed by atoms with E-state index in [1.807, 2.05) is 0 Å². The van der Waals surface area contributed by atoms with E-state index in [4.69, 9.17) is 0 Å². The van der Waals surface area contributed by atoms with Gasteiger partial charge in [0.05, 0.1) is 0 Å². The van der Waals surface area contributed by atoms with Gasteiger partial charge in [-0.15, -0.1) is 13.2 Å². The predicted octanol–water partition coefficient (Wildman–Crippen LogP) is -0.515. The van der Waals surface area contributed by atoms with Gasteiger partial charge < -0.3 is 0 Å². The minimum Gasteiger partial charge on any atom is -0.265 e. The van der Waals surface area contributed by atoms with Gasteiger partial charge in [-0.25, -0.2) is 5.84 Å². The first-order valence-corrected chi connectivity index (χ1v) is 2.51. The number of nitrogens with two attached hydrogens (primary N) is 1. The number of carbonyl (C=O) groups is 1. The second-order valence-corrected chi connectivity index (χ2v) is 1.72. The number of hydrogen-bond donors (Lipinski definition) is 1. The first-order chi connectivity index (χ1) is 5.25. The molecular formula is C3H4F3N3O3. The summed E-state index contributed by atoms with van der Waals surface area (Å²) in [4.78, 5) is 18.6. The molecule has 0 radical (unpaired) electrons. The Labute approximate surface area is 63.9 Å². The van der Waals surface area contributed by atoms with Crippen molar-refractivity contribution < 1.29 is 22.9 Å². The van der Waals surface area contributed by atoms with Gasteiger partial charge >= 0.3 is 12.2 Å². The Kier molecular flexibility index (Phi) is 2.96. The first kappa shape index (κ1) is 10.6. The number of halogens is 3. The molecule has 0 rings (SSSR count). The van der Waals surface area contributed by atoms with Gasteiger partial charge in [0, 0.05) is 4.92 Å². The molecule has 0 aromatic rings. The van der Waals surface area contributed by atoms with Crippen LogP contribution in [-0.4, -0.2) is 28.7 Å². The maximum Gasteiger partial charge on any atom is 0.501 e. The Balaban J connectivity index is 4.21. The molecule has 70 valence electrons. The van der Waals surface area contributed by atoms with Crippen molar-refractivity contribution in [1.29, 1.82) is 0 Å². The van der Waals surface area contributed by atoms with Gasteiger partial charge in [-0.3, -0.25) is 14.9 Å². The SMILES string of the molecule is NN(C(=O)C[N+](=O)[O-])C(F)(F)F. The highest BCUT2D eigenvalue weighted by Crippen LogP contribution is 2.16. The molecule has 6 nitrogen and oxygen atoms in total. The summed E-state index contributed by atoms with van der Waals surface area (Å²) < 4.78 is 34.5. The van der Waals surface area contributed by atoms with E-state index >= 15 is 0 Å². The van der Waals surface area contributed by atoms with E-state index < -0.39 is 28.7 Å². The number of rotatable bonds is 2. The van der Waals surface area contributed by atoms with Crippen molar-refractivity contribution in [3.63, 3.8) is 0 Å². The second kappa shape index (κ2) is 3.34. The zero-order valence-corrected chi connectivity index (χ0v) is 5.54. The molecule has 0 fully saturated rings. The van der Waals surface area contributed by atoms with Crippen LogP contribution < -0.4 is 5.84 Å². The molecule has 0 bridgehead atoms. The normalized spacial score (nSPS) is 11.0. The van der Waals surface area contributed by atoms with Crippen molar-refractivity contribution in [2.45, 2.75) is 6.30 Å². The van der Waals surface area contributed by atoms with Crippen LogP contribution in [0.3, 0.4) is 0 Å². The summed E-state index contributed by atoms with van der Waals surface area (Å²) in [7, 11) is 0. The van der Waals surface area contributed by atoms with Crippen LogP contribution in [0, 0.1) is 10.1 Å². The summed E-state index contributed by atoms with van der Waals surface area (Å²) in [6, 6.07) is 0. The van der Waals surface area contributed by atoms with E-state index in [1.165, 1.54) is 0 Å². The van der Waals surface area contributed by atoms with Crippen molar-refractivity contribution in [2.24, 2.45) is 5.84 Å². The fourth-order valence-electron chi connectivity index (χ4n) is 0.328. The molecule has 0 aliphatic rings. The highest BCUT2D eigenvalue weighted by atomic mass is 19.4. The van der Waals surface area contributed by atoms with Crippen molar-refractivity contribution >= 4 is 5.91 Å². The Bertz CT molecular complexity index is 203. The minimum atomic E-state index is -5.08. The van der Waals surface area contributed by atoms with Crippen molar-refractivity contribution in [2.75, 3.05) is 6.54 Å². The molecule has 0 aliphatic carbocycles. The topological polar surface area (TPSA) is 89.5 Å². The van der Waals surface area contributed by atoms with Crippen LogP contribution in [0.15, 0.2) is 0 Å². The largest absolute Gasteiger partial charge is 0.501 e. The van der Waals surface area contributed by atoms with Crippen LogP contribution in [0.1, 0.15) is 0 Å². The van der Waals surface area contributed by atoms with Crippen LogP contribution in [0.5, 0.6) is 0 Å². The molecule has 0 saturated heterocycles. The standard InChI is InChI=1S/C3H4F3N3O3/c4-3(5,6)9(7)2(10)1-8(11)12/h1,7H2. The van der Waals surface area contributed by atoms with Crippen molar-refractivity contribution in [1.82, 2.24) is 5.01 Å². The molecule has 0 aromatic carbocycles. The van der Waals surface area contributed by atoms with Gasteiger partial charge in [0.2, 0.25) is 0 Å². The number of carbonyl (C=O) groups excluding carboxylic acids is 1. The third-order valence-corrected chi connectivity index (χ3v) is 0.806. The third kappa shape index (κ3) is 3.14. The molecule has 0 saturated carbocycles. The lowest BCUT2D eigenvalue weighted by atomic mass is 10.6. The maximum atomic E-state index is 11.5. The van der Waals surface area contributed by atoms with E-state index in [-0.39, 0.29) is 0 Å². The number of nitrogens with zero attached hydrogens (tertiary/aromatic N) is 2. The third-order valence-electron chi connectivity index (χ3n) is 0.806. The van der Waals surface area contributed by atoms with Gasteiger partial charge in [0.15, 0.2) is 0 Å². The van der Waals surface area contributed by atoms with Crippen LogP contribution in [0.2, 0.25) is 0 Å². The second-order valence-electron chi connectivity index (χ2n) is 1.72. The van der Waals surface area contributed by atoms with Crippen LogP contribution in [0.4, 0.5) is 13.2 Å². The molecular weight excluding hydrogens is 183 g/mol. The number of hydrazine groups is 1. The lowest BCUT2D eigenvalue weighted by Crippen LogP contribution is -2.50. The minimum absolute atomic E-state index is 1.13. The molecule has 0 atom stereocenters. The summed E-state index contributed by atoms with van der Waals surface area (Å²) in [5.74, 6) is 2.38. The summed E-state index contributed by atoms with van der Waals surface area (Å²) in [5, 5.41) is 8.45. The molecule has 2 N–H and O–H groups in total. The van der Waals surface area contributed by atoms with Gasteiger partial charge in [-0.05, 0) is 0 Å². The number of hydrogen-bond acceptors (Lipinski definition) is 4. The lowest BCUT2D eigenvalue weighted by Gasteiger charge is -2.16. The van der Waals surface area contributed by atoms with Crippen LogP contribution in [0.25, 0.3) is 0 Å². The fraction of sp³-hybridized carbons (Fsp3) is 0.667. The van der Waals surface area contributed by atoms with Gasteiger partial charge in [0.1, 0.15) is 0 Å². The molecule has 1 amide bonds. The first-order valence-electron chi connectivity index (χ1n) is 2.51. The summed E-state index contributed by atoms with van der Waals surface area (Å²) in [5.41, 5.74) is 0. The van der Waals surface area contributed by atoms with E-state index in [9.17, 15) is 28.1 Å². The average molecular weight is 187 g/mol. The molecule has 9 heteroatoms. The Morgan fingerprint density at radius 2 is 2.00 bits per heavy atom. The highest BCUT2D eigenvalue weighted by molar-refractivity contribution is 5.76. The molecule has 0 spiro atoms. The zero-order valence-electron chi connectivity index (χ0n) is 5.54. The highest BCUT2D eigenvalue weighted by Gasteiger charge is 2.40. The maximum absolute atomic E-state index is 11.5. The molecule has 0 aliphatic heterocycles. The monoisotopic (exact) mass is 187 g/mol. The molecule has 12 heavy (non-hydrogen) atoms. The summed E-state index contributed by atoms with van der Waals surface area (Å²) in [6.45, 7) is -1.48. The van der Waals surface area contributed by atoms with Gasteiger partial charge in [0.25, 0.3) is 6.54 Å². The molecule has 0 unspecified atom stereocenters. The summed E-state index contributed by atoms with van der Waals surface area (Å²) >= 11 is 0. The smallest absolute Gasteiger partial charge is 0.265 e. The van der Waals surface area contributed by atoms with Crippen LogP contribution in [-0.2, 0) is 4.79 Å². The Hall–Kier alpha value is -1.38. The van der Waals surface area contributed by atoms with Crippen molar-refractivity contribution in [3.05, 3.63) is 10.1 Å². The van der Waals surface area contributed by atoms with E-state index in [0.29, 0.717) is 0 Å². The van der Waals surface area contributed by atoms with Gasteiger partial charge in [-0.2, -0.15) is 5.01 Å².